The van der Waals surface area contributed by atoms with Gasteiger partial charge >= 0.3 is 0 Å². The predicted molar refractivity (Wildman–Crippen MR) is 46.2 cm³/mol. The van der Waals surface area contributed by atoms with Gasteiger partial charge in [0.1, 0.15) is 6.29 Å². The van der Waals surface area contributed by atoms with E-state index in [1.54, 1.807) is 18.2 Å². The number of benzene rings is 1. The van der Waals surface area contributed by atoms with Crippen LogP contribution >= 0.6 is 23.2 Å². The number of halogens is 2. The van der Waals surface area contributed by atoms with Crippen molar-refractivity contribution in [3.63, 3.8) is 0 Å². The van der Waals surface area contributed by atoms with E-state index in [2.05, 4.69) is 0 Å². The molecular formula is C8H6Cl2O. The van der Waals surface area contributed by atoms with Gasteiger partial charge in [-0.25, -0.2) is 0 Å². The second kappa shape index (κ2) is 3.74. The summed E-state index contributed by atoms with van der Waals surface area (Å²) < 4.78 is 0. The first-order valence-electron chi connectivity index (χ1n) is 3.11. The smallest absolute Gasteiger partial charge is 0.124 e. The zero-order valence-corrected chi connectivity index (χ0v) is 7.19. The summed E-state index contributed by atoms with van der Waals surface area (Å²) in [5, 5.41) is 1.19. The maximum atomic E-state index is 10.1. The molecule has 0 aromatic heterocycles. The van der Waals surface area contributed by atoms with Gasteiger partial charge in [0.05, 0.1) is 0 Å². The van der Waals surface area contributed by atoms with E-state index in [9.17, 15) is 4.79 Å². The van der Waals surface area contributed by atoms with Gasteiger partial charge in [-0.3, -0.25) is 0 Å². The second-order valence-electron chi connectivity index (χ2n) is 2.11. The molecule has 0 bridgehead atoms. The highest BCUT2D eigenvalue weighted by atomic mass is 35.5. The molecule has 0 saturated heterocycles. The van der Waals surface area contributed by atoms with E-state index in [0.717, 1.165) is 11.8 Å². The molecule has 0 aliphatic heterocycles. The molecule has 11 heavy (non-hydrogen) atoms. The average Bonchev–Trinajstić information content (AvgIpc) is 1.98. The fraction of sp³-hybridized carbons (Fsp3) is 0.125. The Morgan fingerprint density at radius 2 is 2.09 bits per heavy atom. The molecule has 3 heteroatoms. The van der Waals surface area contributed by atoms with Crippen LogP contribution in [0.3, 0.4) is 0 Å². The maximum Gasteiger partial charge on any atom is 0.124 e. The molecule has 1 nitrogen and oxygen atoms in total. The number of hydrogen-bond donors (Lipinski definition) is 0. The molecule has 0 fully saturated rings. The van der Waals surface area contributed by atoms with E-state index in [1.807, 2.05) is 0 Å². The van der Waals surface area contributed by atoms with Crippen LogP contribution in [0, 0.1) is 0 Å². The molecule has 0 unspecified atom stereocenters. The summed E-state index contributed by atoms with van der Waals surface area (Å²) in [4.78, 5) is 10.1. The lowest BCUT2D eigenvalue weighted by Gasteiger charge is -1.98. The Hall–Kier alpha value is -0.530. The molecule has 0 saturated carbocycles. The van der Waals surface area contributed by atoms with Crippen molar-refractivity contribution in [3.8, 4) is 0 Å². The third-order valence-electron chi connectivity index (χ3n) is 1.31. The van der Waals surface area contributed by atoms with Gasteiger partial charge < -0.3 is 4.79 Å². The normalized spacial score (nSPS) is 9.64. The van der Waals surface area contributed by atoms with Crippen molar-refractivity contribution in [3.05, 3.63) is 33.8 Å². The summed E-state index contributed by atoms with van der Waals surface area (Å²) in [7, 11) is 0. The first kappa shape index (κ1) is 8.57. The van der Waals surface area contributed by atoms with Gasteiger partial charge in [0, 0.05) is 16.5 Å². The minimum absolute atomic E-state index is 0.319. The lowest BCUT2D eigenvalue weighted by molar-refractivity contribution is -0.107. The molecule has 1 aromatic carbocycles. The Morgan fingerprint density at radius 3 is 2.73 bits per heavy atom. The van der Waals surface area contributed by atoms with E-state index in [0.29, 0.717) is 16.5 Å². The van der Waals surface area contributed by atoms with Gasteiger partial charge in [-0.2, -0.15) is 0 Å². The zero-order chi connectivity index (χ0) is 8.27. The zero-order valence-electron chi connectivity index (χ0n) is 5.68. The highest BCUT2D eigenvalue weighted by Gasteiger charge is 1.99. The van der Waals surface area contributed by atoms with Crippen LogP contribution in [-0.2, 0) is 11.2 Å². The van der Waals surface area contributed by atoms with Crippen molar-refractivity contribution in [2.45, 2.75) is 6.42 Å². The topological polar surface area (TPSA) is 17.1 Å². The van der Waals surface area contributed by atoms with Gasteiger partial charge in [-0.05, 0) is 23.8 Å². The molecule has 0 N–H and O–H groups in total. The number of carbonyl (C=O) groups is 1. The first-order valence-corrected chi connectivity index (χ1v) is 3.87. The van der Waals surface area contributed by atoms with Crippen LogP contribution in [0.25, 0.3) is 0 Å². The lowest BCUT2D eigenvalue weighted by Crippen LogP contribution is -1.86. The standard InChI is InChI=1S/C8H6Cl2O/c9-7-1-2-8(10)6(5-7)3-4-11/h1-2,4-5H,3H2. The van der Waals surface area contributed by atoms with Crippen LogP contribution < -0.4 is 0 Å². The highest BCUT2D eigenvalue weighted by Crippen LogP contribution is 2.20. The third-order valence-corrected chi connectivity index (χ3v) is 1.91. The van der Waals surface area contributed by atoms with Crippen molar-refractivity contribution in [1.29, 1.82) is 0 Å². The quantitative estimate of drug-likeness (QED) is 0.653. The fourth-order valence-electron chi connectivity index (χ4n) is 0.790. The Bertz CT molecular complexity index is 271. The summed E-state index contributed by atoms with van der Waals surface area (Å²) in [6, 6.07) is 5.07. The minimum Gasteiger partial charge on any atom is -0.303 e. The van der Waals surface area contributed by atoms with E-state index in [-0.39, 0.29) is 0 Å². The molecule has 0 radical (unpaired) electrons. The molecule has 0 heterocycles. The Kier molecular flexibility index (Phi) is 2.92. The van der Waals surface area contributed by atoms with Gasteiger partial charge in [0.15, 0.2) is 0 Å². The summed E-state index contributed by atoms with van der Waals surface area (Å²) >= 11 is 11.4. The summed E-state index contributed by atoms with van der Waals surface area (Å²) in [6.07, 6.45) is 1.12. The summed E-state index contributed by atoms with van der Waals surface area (Å²) in [6.45, 7) is 0. The van der Waals surface area contributed by atoms with Crippen molar-refractivity contribution in [2.75, 3.05) is 0 Å². The molecule has 1 rings (SSSR count). The number of aldehydes is 1. The van der Waals surface area contributed by atoms with Crippen LogP contribution in [0.1, 0.15) is 5.56 Å². The third kappa shape index (κ3) is 2.21. The molecular weight excluding hydrogens is 183 g/mol. The largest absolute Gasteiger partial charge is 0.303 e. The van der Waals surface area contributed by atoms with Crippen molar-refractivity contribution < 1.29 is 4.79 Å². The van der Waals surface area contributed by atoms with Gasteiger partial charge in [-0.15, -0.1) is 0 Å². The van der Waals surface area contributed by atoms with Crippen LogP contribution in [0.5, 0.6) is 0 Å². The second-order valence-corrected chi connectivity index (χ2v) is 2.95. The van der Waals surface area contributed by atoms with E-state index < -0.39 is 0 Å². The molecule has 0 aliphatic rings. The van der Waals surface area contributed by atoms with E-state index in [1.165, 1.54) is 0 Å². The molecule has 0 spiro atoms. The van der Waals surface area contributed by atoms with Gasteiger partial charge in [0.2, 0.25) is 0 Å². The minimum atomic E-state index is 0.319. The fourth-order valence-corrected chi connectivity index (χ4v) is 1.18. The van der Waals surface area contributed by atoms with Crippen LogP contribution in [0.15, 0.2) is 18.2 Å². The van der Waals surface area contributed by atoms with E-state index >= 15 is 0 Å². The summed E-state index contributed by atoms with van der Waals surface area (Å²) in [5.74, 6) is 0. The Morgan fingerprint density at radius 1 is 1.36 bits per heavy atom. The van der Waals surface area contributed by atoms with Gasteiger partial charge in [0.25, 0.3) is 0 Å². The first-order chi connectivity index (χ1) is 5.24. The van der Waals surface area contributed by atoms with Gasteiger partial charge in [-0.1, -0.05) is 23.2 Å². The highest BCUT2D eigenvalue weighted by molar-refractivity contribution is 6.33. The Balaban J connectivity index is 3.01. The summed E-state index contributed by atoms with van der Waals surface area (Å²) in [5.41, 5.74) is 0.772. The van der Waals surface area contributed by atoms with E-state index in [4.69, 9.17) is 23.2 Å². The average molecular weight is 189 g/mol. The van der Waals surface area contributed by atoms with Crippen LogP contribution in [0.4, 0.5) is 0 Å². The SMILES string of the molecule is O=CCc1cc(Cl)ccc1Cl. The van der Waals surface area contributed by atoms with Crippen molar-refractivity contribution in [1.82, 2.24) is 0 Å². The molecule has 1 aromatic rings. The molecule has 0 amide bonds. The predicted octanol–water partition coefficient (Wildman–Crippen LogP) is 2.73. The van der Waals surface area contributed by atoms with Crippen molar-refractivity contribution >= 4 is 29.5 Å². The lowest BCUT2D eigenvalue weighted by atomic mass is 10.2. The molecule has 0 atom stereocenters. The molecule has 58 valence electrons. The maximum absolute atomic E-state index is 10.1. The van der Waals surface area contributed by atoms with Crippen LogP contribution in [-0.4, -0.2) is 6.29 Å². The number of rotatable bonds is 2. The van der Waals surface area contributed by atoms with Crippen LogP contribution in [0.2, 0.25) is 10.0 Å². The molecule has 0 aliphatic carbocycles. The van der Waals surface area contributed by atoms with Crippen molar-refractivity contribution in [2.24, 2.45) is 0 Å². The number of carbonyl (C=O) groups excluding carboxylic acids is 1. The Labute approximate surface area is 74.9 Å². The number of hydrogen-bond acceptors (Lipinski definition) is 1. The monoisotopic (exact) mass is 188 g/mol.